The molecule has 1 fully saturated rings. The average molecular weight is 227 g/mol. The summed E-state index contributed by atoms with van der Waals surface area (Å²) in [6, 6.07) is 0.0357. The molecule has 4 nitrogen and oxygen atoms in total. The number of amides is 1. The number of carbonyl (C=O) groups excluding carboxylic acids is 1. The van der Waals surface area contributed by atoms with Crippen molar-refractivity contribution < 1.29 is 4.79 Å². The Morgan fingerprint density at radius 2 is 2.00 bits per heavy atom. The van der Waals surface area contributed by atoms with Gasteiger partial charge in [-0.05, 0) is 20.3 Å². The summed E-state index contributed by atoms with van der Waals surface area (Å²) in [6.45, 7) is 11.9. The molecular formula is C12H25N3O. The summed E-state index contributed by atoms with van der Waals surface area (Å²) in [5, 5.41) is 3.31. The first kappa shape index (κ1) is 13.5. The van der Waals surface area contributed by atoms with Gasteiger partial charge in [-0.3, -0.25) is 9.69 Å². The maximum absolute atomic E-state index is 12.2. The minimum atomic E-state index is 0.0357. The van der Waals surface area contributed by atoms with Gasteiger partial charge in [0.25, 0.3) is 0 Å². The van der Waals surface area contributed by atoms with E-state index in [1.54, 1.807) is 0 Å². The van der Waals surface area contributed by atoms with Gasteiger partial charge in [0.1, 0.15) is 0 Å². The van der Waals surface area contributed by atoms with Gasteiger partial charge in [-0.25, -0.2) is 0 Å². The number of rotatable bonds is 5. The van der Waals surface area contributed by atoms with Crippen LogP contribution in [0.5, 0.6) is 0 Å². The van der Waals surface area contributed by atoms with Crippen LogP contribution in [0.3, 0.4) is 0 Å². The van der Waals surface area contributed by atoms with Crippen molar-refractivity contribution in [3.63, 3.8) is 0 Å². The Bertz CT molecular complexity index is 214. The summed E-state index contributed by atoms with van der Waals surface area (Å²) >= 11 is 0. The largest absolute Gasteiger partial charge is 0.342 e. The summed E-state index contributed by atoms with van der Waals surface area (Å²) in [6.07, 6.45) is 1.04. The molecule has 0 aromatic heterocycles. The molecule has 1 atom stereocenters. The molecule has 1 unspecified atom stereocenters. The molecule has 0 saturated carbocycles. The SMILES string of the molecule is CCCN(CC)C(=O)C(C)N1CCNCC1. The molecule has 0 bridgehead atoms. The van der Waals surface area contributed by atoms with Crippen LogP contribution in [0.15, 0.2) is 0 Å². The summed E-state index contributed by atoms with van der Waals surface area (Å²) < 4.78 is 0. The van der Waals surface area contributed by atoms with Gasteiger partial charge >= 0.3 is 0 Å². The minimum Gasteiger partial charge on any atom is -0.342 e. The maximum Gasteiger partial charge on any atom is 0.239 e. The van der Waals surface area contributed by atoms with Gasteiger partial charge in [-0.15, -0.1) is 0 Å². The third kappa shape index (κ3) is 3.46. The molecule has 1 aliphatic heterocycles. The Morgan fingerprint density at radius 3 is 2.50 bits per heavy atom. The van der Waals surface area contributed by atoms with Crippen LogP contribution in [0.2, 0.25) is 0 Å². The van der Waals surface area contributed by atoms with Gasteiger partial charge in [-0.1, -0.05) is 6.92 Å². The van der Waals surface area contributed by atoms with Crippen LogP contribution in [-0.2, 0) is 4.79 Å². The Hall–Kier alpha value is -0.610. The zero-order valence-corrected chi connectivity index (χ0v) is 10.8. The molecule has 1 heterocycles. The molecule has 1 amide bonds. The first-order valence-electron chi connectivity index (χ1n) is 6.44. The van der Waals surface area contributed by atoms with E-state index in [-0.39, 0.29) is 11.9 Å². The molecule has 1 N–H and O–H groups in total. The molecule has 94 valence electrons. The summed E-state index contributed by atoms with van der Waals surface area (Å²) in [4.78, 5) is 16.5. The molecule has 0 aromatic carbocycles. The topological polar surface area (TPSA) is 35.6 Å². The lowest BCUT2D eigenvalue weighted by Crippen LogP contribution is -2.53. The van der Waals surface area contributed by atoms with E-state index in [1.807, 2.05) is 11.8 Å². The van der Waals surface area contributed by atoms with Crippen LogP contribution in [0.1, 0.15) is 27.2 Å². The predicted molar refractivity (Wildman–Crippen MR) is 66.4 cm³/mol. The predicted octanol–water partition coefficient (Wildman–Crippen LogP) is 0.539. The molecular weight excluding hydrogens is 202 g/mol. The molecule has 1 saturated heterocycles. The zero-order chi connectivity index (χ0) is 12.0. The average Bonchev–Trinajstić information content (AvgIpc) is 2.35. The van der Waals surface area contributed by atoms with Gasteiger partial charge in [0.2, 0.25) is 5.91 Å². The van der Waals surface area contributed by atoms with E-state index in [2.05, 4.69) is 24.1 Å². The van der Waals surface area contributed by atoms with Crippen molar-refractivity contribution in [3.8, 4) is 0 Å². The number of nitrogens with one attached hydrogen (secondary N) is 1. The molecule has 0 aliphatic carbocycles. The highest BCUT2D eigenvalue weighted by Crippen LogP contribution is 2.06. The number of hydrogen-bond acceptors (Lipinski definition) is 3. The summed E-state index contributed by atoms with van der Waals surface area (Å²) in [5.74, 6) is 0.284. The lowest BCUT2D eigenvalue weighted by Gasteiger charge is -2.34. The standard InChI is InChI=1S/C12H25N3O/c1-4-8-14(5-2)12(16)11(3)15-9-6-13-7-10-15/h11,13H,4-10H2,1-3H3. The van der Waals surface area contributed by atoms with E-state index >= 15 is 0 Å². The maximum atomic E-state index is 12.2. The quantitative estimate of drug-likeness (QED) is 0.744. The fraction of sp³-hybridized carbons (Fsp3) is 0.917. The number of likely N-dealkylation sites (N-methyl/N-ethyl adjacent to an activating group) is 1. The second-order valence-electron chi connectivity index (χ2n) is 4.38. The zero-order valence-electron chi connectivity index (χ0n) is 10.8. The highest BCUT2D eigenvalue weighted by molar-refractivity contribution is 5.81. The lowest BCUT2D eigenvalue weighted by atomic mass is 10.2. The van der Waals surface area contributed by atoms with Crippen molar-refractivity contribution in [2.75, 3.05) is 39.3 Å². The van der Waals surface area contributed by atoms with Crippen molar-refractivity contribution in [1.82, 2.24) is 15.1 Å². The van der Waals surface area contributed by atoms with Crippen molar-refractivity contribution in [2.45, 2.75) is 33.2 Å². The Kier molecular flexibility index (Phi) is 5.77. The van der Waals surface area contributed by atoms with Crippen LogP contribution in [0.4, 0.5) is 0 Å². The van der Waals surface area contributed by atoms with Gasteiger partial charge < -0.3 is 10.2 Å². The van der Waals surface area contributed by atoms with E-state index in [9.17, 15) is 4.79 Å². The van der Waals surface area contributed by atoms with E-state index in [0.29, 0.717) is 0 Å². The first-order chi connectivity index (χ1) is 7.70. The van der Waals surface area contributed by atoms with Gasteiger partial charge in [0.15, 0.2) is 0 Å². The second kappa shape index (κ2) is 6.86. The van der Waals surface area contributed by atoms with Crippen molar-refractivity contribution >= 4 is 5.91 Å². The third-order valence-corrected chi connectivity index (χ3v) is 3.24. The Morgan fingerprint density at radius 1 is 1.38 bits per heavy atom. The highest BCUT2D eigenvalue weighted by Gasteiger charge is 2.25. The Labute approximate surface area is 99.0 Å². The van der Waals surface area contributed by atoms with Gasteiger partial charge in [0, 0.05) is 39.3 Å². The smallest absolute Gasteiger partial charge is 0.239 e. The number of hydrogen-bond donors (Lipinski definition) is 1. The van der Waals surface area contributed by atoms with Gasteiger partial charge in [0.05, 0.1) is 6.04 Å². The molecule has 1 rings (SSSR count). The van der Waals surface area contributed by atoms with Crippen LogP contribution in [0.25, 0.3) is 0 Å². The fourth-order valence-corrected chi connectivity index (χ4v) is 2.18. The molecule has 0 radical (unpaired) electrons. The van der Waals surface area contributed by atoms with Crippen LogP contribution in [-0.4, -0.2) is 61.0 Å². The van der Waals surface area contributed by atoms with Crippen LogP contribution >= 0.6 is 0 Å². The van der Waals surface area contributed by atoms with E-state index in [0.717, 1.165) is 45.7 Å². The third-order valence-electron chi connectivity index (χ3n) is 3.24. The molecule has 0 aromatic rings. The molecule has 16 heavy (non-hydrogen) atoms. The first-order valence-corrected chi connectivity index (χ1v) is 6.44. The minimum absolute atomic E-state index is 0.0357. The molecule has 4 heteroatoms. The van der Waals surface area contributed by atoms with E-state index < -0.39 is 0 Å². The Balaban J connectivity index is 2.49. The lowest BCUT2D eigenvalue weighted by molar-refractivity contribution is -0.136. The highest BCUT2D eigenvalue weighted by atomic mass is 16.2. The fourth-order valence-electron chi connectivity index (χ4n) is 2.18. The van der Waals surface area contributed by atoms with E-state index in [4.69, 9.17) is 0 Å². The van der Waals surface area contributed by atoms with Gasteiger partial charge in [-0.2, -0.15) is 0 Å². The van der Waals surface area contributed by atoms with Crippen molar-refractivity contribution in [3.05, 3.63) is 0 Å². The van der Waals surface area contributed by atoms with Crippen LogP contribution in [0, 0.1) is 0 Å². The number of nitrogens with zero attached hydrogens (tertiary/aromatic N) is 2. The number of carbonyl (C=O) groups is 1. The van der Waals surface area contributed by atoms with E-state index in [1.165, 1.54) is 0 Å². The normalized spacial score (nSPS) is 19.4. The molecule has 0 spiro atoms. The second-order valence-corrected chi connectivity index (χ2v) is 4.38. The van der Waals surface area contributed by atoms with Crippen LogP contribution < -0.4 is 5.32 Å². The molecule has 1 aliphatic rings. The summed E-state index contributed by atoms with van der Waals surface area (Å²) in [7, 11) is 0. The van der Waals surface area contributed by atoms with Crippen molar-refractivity contribution in [2.24, 2.45) is 0 Å². The monoisotopic (exact) mass is 227 g/mol. The van der Waals surface area contributed by atoms with Crippen molar-refractivity contribution in [1.29, 1.82) is 0 Å². The number of piperazine rings is 1. The summed E-state index contributed by atoms with van der Waals surface area (Å²) in [5.41, 5.74) is 0.